The first-order valence-electron chi connectivity index (χ1n) is 7.09. The molecule has 0 bridgehead atoms. The van der Waals surface area contributed by atoms with Gasteiger partial charge >= 0.3 is 0 Å². The summed E-state index contributed by atoms with van der Waals surface area (Å²) in [7, 11) is 0. The van der Waals surface area contributed by atoms with E-state index in [9.17, 15) is 4.79 Å². The molecular formula is C16H25NOS. The number of amides is 1. The van der Waals surface area contributed by atoms with E-state index >= 15 is 0 Å². The normalized spacial score (nSPS) is 17.9. The maximum Gasteiger partial charge on any atom is 0.254 e. The van der Waals surface area contributed by atoms with Gasteiger partial charge in [0.25, 0.3) is 5.91 Å². The summed E-state index contributed by atoms with van der Waals surface area (Å²) in [6, 6.07) is 8.32. The van der Waals surface area contributed by atoms with E-state index in [1.165, 1.54) is 5.56 Å². The number of nitrogens with zero attached hydrogens (tertiary/aromatic N) is 1. The van der Waals surface area contributed by atoms with Crippen LogP contribution in [0.25, 0.3) is 0 Å². The zero-order valence-corrected chi connectivity index (χ0v) is 13.3. The van der Waals surface area contributed by atoms with Gasteiger partial charge in [-0.2, -0.15) is 11.8 Å². The molecule has 2 rings (SSSR count). The SMILES string of the molecule is CC.CSCC1CCCN1C(=O)c1ccc(C)cc1. The van der Waals surface area contributed by atoms with Gasteiger partial charge in [-0.15, -0.1) is 0 Å². The second kappa shape index (κ2) is 8.26. The molecule has 3 heteroatoms. The average Bonchev–Trinajstić information content (AvgIpc) is 2.90. The Hall–Kier alpha value is -0.960. The van der Waals surface area contributed by atoms with E-state index < -0.39 is 0 Å². The van der Waals surface area contributed by atoms with Gasteiger partial charge in [0.1, 0.15) is 0 Å². The third-order valence-corrected chi connectivity index (χ3v) is 4.01. The van der Waals surface area contributed by atoms with Crippen LogP contribution in [-0.4, -0.2) is 35.4 Å². The van der Waals surface area contributed by atoms with Crippen LogP contribution in [0.15, 0.2) is 24.3 Å². The molecule has 0 radical (unpaired) electrons. The molecule has 0 saturated carbocycles. The van der Waals surface area contributed by atoms with E-state index in [4.69, 9.17) is 0 Å². The minimum Gasteiger partial charge on any atom is -0.335 e. The summed E-state index contributed by atoms with van der Waals surface area (Å²) in [6.07, 6.45) is 4.40. The van der Waals surface area contributed by atoms with Crippen molar-refractivity contribution in [3.63, 3.8) is 0 Å². The predicted octanol–water partition coefficient (Wildman–Crippen LogP) is 3.99. The first-order chi connectivity index (χ1) is 9.22. The van der Waals surface area contributed by atoms with Gasteiger partial charge < -0.3 is 4.90 Å². The van der Waals surface area contributed by atoms with Crippen LogP contribution in [0.1, 0.15) is 42.6 Å². The summed E-state index contributed by atoms with van der Waals surface area (Å²) in [5.74, 6) is 1.25. The highest BCUT2D eigenvalue weighted by atomic mass is 32.2. The van der Waals surface area contributed by atoms with Crippen LogP contribution in [0.4, 0.5) is 0 Å². The van der Waals surface area contributed by atoms with E-state index in [0.717, 1.165) is 30.7 Å². The molecule has 0 N–H and O–H groups in total. The van der Waals surface area contributed by atoms with Crippen molar-refractivity contribution in [3.05, 3.63) is 35.4 Å². The number of benzene rings is 1. The average molecular weight is 279 g/mol. The number of hydrogen-bond acceptors (Lipinski definition) is 2. The lowest BCUT2D eigenvalue weighted by atomic mass is 10.1. The topological polar surface area (TPSA) is 20.3 Å². The van der Waals surface area contributed by atoms with Crippen molar-refractivity contribution in [2.45, 2.75) is 39.7 Å². The first-order valence-corrected chi connectivity index (χ1v) is 8.48. The second-order valence-corrected chi connectivity index (χ2v) is 5.53. The van der Waals surface area contributed by atoms with E-state index in [1.807, 2.05) is 61.7 Å². The van der Waals surface area contributed by atoms with Gasteiger partial charge in [0.05, 0.1) is 0 Å². The second-order valence-electron chi connectivity index (χ2n) is 4.62. The lowest BCUT2D eigenvalue weighted by molar-refractivity contribution is 0.0750. The Balaban J connectivity index is 0.000000861. The Labute approximate surface area is 121 Å². The predicted molar refractivity (Wildman–Crippen MR) is 85.0 cm³/mol. The van der Waals surface area contributed by atoms with Crippen molar-refractivity contribution in [1.82, 2.24) is 4.90 Å². The Kier molecular flexibility index (Phi) is 7.00. The van der Waals surface area contributed by atoms with Crippen LogP contribution in [0, 0.1) is 6.92 Å². The van der Waals surface area contributed by atoms with Crippen LogP contribution in [0.2, 0.25) is 0 Å². The molecule has 1 heterocycles. The van der Waals surface area contributed by atoms with Gasteiger partial charge in [0.2, 0.25) is 0 Å². The molecule has 0 spiro atoms. The van der Waals surface area contributed by atoms with Crippen molar-refractivity contribution in [1.29, 1.82) is 0 Å². The largest absolute Gasteiger partial charge is 0.335 e. The number of rotatable bonds is 3. The number of hydrogen-bond donors (Lipinski definition) is 0. The molecule has 0 aromatic heterocycles. The minimum absolute atomic E-state index is 0.196. The Bertz CT molecular complexity index is 388. The summed E-state index contributed by atoms with van der Waals surface area (Å²) in [5, 5.41) is 0. The quantitative estimate of drug-likeness (QED) is 0.834. The molecule has 1 saturated heterocycles. The molecule has 19 heavy (non-hydrogen) atoms. The molecule has 2 nitrogen and oxygen atoms in total. The van der Waals surface area contributed by atoms with Crippen molar-refractivity contribution in [2.24, 2.45) is 0 Å². The molecule has 1 amide bonds. The molecule has 1 atom stereocenters. The van der Waals surface area contributed by atoms with Crippen molar-refractivity contribution in [2.75, 3.05) is 18.6 Å². The van der Waals surface area contributed by atoms with Gasteiger partial charge in [0.15, 0.2) is 0 Å². The van der Waals surface area contributed by atoms with Gasteiger partial charge in [-0.25, -0.2) is 0 Å². The fourth-order valence-corrected chi connectivity index (χ4v) is 3.06. The van der Waals surface area contributed by atoms with Crippen molar-refractivity contribution >= 4 is 17.7 Å². The molecule has 0 aliphatic carbocycles. The van der Waals surface area contributed by atoms with Crippen LogP contribution in [0.5, 0.6) is 0 Å². The van der Waals surface area contributed by atoms with Gasteiger partial charge in [0, 0.05) is 23.9 Å². The van der Waals surface area contributed by atoms with Crippen molar-refractivity contribution < 1.29 is 4.79 Å². The highest BCUT2D eigenvalue weighted by Crippen LogP contribution is 2.22. The van der Waals surface area contributed by atoms with Gasteiger partial charge in [-0.1, -0.05) is 31.5 Å². The summed E-state index contributed by atoms with van der Waals surface area (Å²) < 4.78 is 0. The Morgan fingerprint density at radius 3 is 2.53 bits per heavy atom. The third kappa shape index (κ3) is 4.27. The maximum absolute atomic E-state index is 12.4. The van der Waals surface area contributed by atoms with E-state index in [1.54, 1.807) is 0 Å². The van der Waals surface area contributed by atoms with E-state index in [0.29, 0.717) is 6.04 Å². The standard InChI is InChI=1S/C14H19NOS.C2H6/c1-11-5-7-12(8-6-11)14(16)15-9-3-4-13(15)10-17-2;1-2/h5-8,13H,3-4,9-10H2,1-2H3;1-2H3. The number of carbonyl (C=O) groups excluding carboxylic acids is 1. The number of carbonyl (C=O) groups is 1. The van der Waals surface area contributed by atoms with Crippen molar-refractivity contribution in [3.8, 4) is 0 Å². The van der Waals surface area contributed by atoms with E-state index in [-0.39, 0.29) is 5.91 Å². The van der Waals surface area contributed by atoms with Crippen LogP contribution in [-0.2, 0) is 0 Å². The smallest absolute Gasteiger partial charge is 0.254 e. The Morgan fingerprint density at radius 1 is 1.32 bits per heavy atom. The summed E-state index contributed by atoms with van der Waals surface area (Å²) in [4.78, 5) is 14.4. The molecule has 1 unspecified atom stereocenters. The maximum atomic E-state index is 12.4. The molecule has 1 aromatic rings. The molecule has 1 aliphatic rings. The number of likely N-dealkylation sites (tertiary alicyclic amines) is 1. The fraction of sp³-hybridized carbons (Fsp3) is 0.562. The lowest BCUT2D eigenvalue weighted by Crippen LogP contribution is -2.36. The monoisotopic (exact) mass is 279 g/mol. The number of thioether (sulfide) groups is 1. The van der Waals surface area contributed by atoms with Gasteiger partial charge in [-0.3, -0.25) is 4.79 Å². The molecule has 1 aromatic carbocycles. The molecular weight excluding hydrogens is 254 g/mol. The van der Waals surface area contributed by atoms with Crippen LogP contribution >= 0.6 is 11.8 Å². The number of aryl methyl sites for hydroxylation is 1. The van der Waals surface area contributed by atoms with Crippen LogP contribution in [0.3, 0.4) is 0 Å². The summed E-state index contributed by atoms with van der Waals surface area (Å²) in [6.45, 7) is 6.96. The zero-order valence-electron chi connectivity index (χ0n) is 12.5. The highest BCUT2D eigenvalue weighted by molar-refractivity contribution is 7.98. The third-order valence-electron chi connectivity index (χ3n) is 3.30. The lowest BCUT2D eigenvalue weighted by Gasteiger charge is -2.24. The molecule has 1 fully saturated rings. The molecule has 1 aliphatic heterocycles. The summed E-state index contributed by atoms with van der Waals surface area (Å²) >= 11 is 1.82. The fourth-order valence-electron chi connectivity index (χ4n) is 2.33. The zero-order chi connectivity index (χ0) is 14.3. The van der Waals surface area contributed by atoms with Crippen LogP contribution < -0.4 is 0 Å². The minimum atomic E-state index is 0.196. The first kappa shape index (κ1) is 16.1. The van der Waals surface area contributed by atoms with E-state index in [2.05, 4.69) is 6.26 Å². The summed E-state index contributed by atoms with van der Waals surface area (Å²) in [5.41, 5.74) is 2.02. The van der Waals surface area contributed by atoms with Gasteiger partial charge in [-0.05, 0) is 38.2 Å². The highest BCUT2D eigenvalue weighted by Gasteiger charge is 2.28. The molecule has 106 valence electrons. The Morgan fingerprint density at radius 2 is 1.95 bits per heavy atom.